The van der Waals surface area contributed by atoms with Crippen LogP contribution >= 0.6 is 0 Å². The molecule has 6 nitrogen and oxygen atoms in total. The Labute approximate surface area is 209 Å². The monoisotopic (exact) mass is 476 g/mol. The number of carbonyl (C=O) groups excluding carboxylic acids is 1. The Bertz CT molecular complexity index is 1080. The summed E-state index contributed by atoms with van der Waals surface area (Å²) < 4.78 is 2.25. The lowest BCUT2D eigenvalue weighted by Gasteiger charge is -2.35. The van der Waals surface area contributed by atoms with Gasteiger partial charge in [-0.05, 0) is 44.8 Å². The summed E-state index contributed by atoms with van der Waals surface area (Å²) in [4.78, 5) is 33.4. The van der Waals surface area contributed by atoms with Crippen molar-refractivity contribution in [2.24, 2.45) is 0 Å². The van der Waals surface area contributed by atoms with Gasteiger partial charge in [0, 0.05) is 62.8 Å². The quantitative estimate of drug-likeness (QED) is 0.583. The number of aromatic nitrogens is 1. The van der Waals surface area contributed by atoms with Crippen LogP contribution < -0.4 is 5.43 Å². The first-order valence-electron chi connectivity index (χ1n) is 13.2. The highest BCUT2D eigenvalue weighted by Crippen LogP contribution is 2.21. The van der Waals surface area contributed by atoms with Gasteiger partial charge >= 0.3 is 0 Å². The maximum atomic E-state index is 13.6. The molecule has 4 rings (SSSR count). The molecule has 1 aromatic carbocycles. The molecule has 1 aromatic heterocycles. The summed E-state index contributed by atoms with van der Waals surface area (Å²) in [5.74, 6) is -0.0983. The zero-order valence-electron chi connectivity index (χ0n) is 21.6. The van der Waals surface area contributed by atoms with Crippen molar-refractivity contribution in [2.75, 3.05) is 45.8 Å². The minimum Gasteiger partial charge on any atom is -0.346 e. The first-order chi connectivity index (χ1) is 17.0. The number of likely N-dealkylation sites (N-methyl/N-ethyl adjacent to an activating group) is 1. The van der Waals surface area contributed by atoms with Crippen LogP contribution in [-0.4, -0.2) is 77.0 Å². The second-order valence-electron chi connectivity index (χ2n) is 9.77. The number of benzene rings is 1. The number of nitrogens with zero attached hydrogens (tertiary/aromatic N) is 4. The Morgan fingerprint density at radius 3 is 2.49 bits per heavy atom. The van der Waals surface area contributed by atoms with E-state index in [1.807, 2.05) is 30.0 Å². The third-order valence-electron chi connectivity index (χ3n) is 7.61. The molecule has 2 aromatic rings. The lowest BCUT2D eigenvalue weighted by Crippen LogP contribution is -2.50. The van der Waals surface area contributed by atoms with Gasteiger partial charge in [0.05, 0.1) is 0 Å². The van der Waals surface area contributed by atoms with E-state index >= 15 is 0 Å². The number of hydrogen-bond acceptors (Lipinski definition) is 4. The Morgan fingerprint density at radius 2 is 1.80 bits per heavy atom. The number of likely N-dealkylation sites (tertiary alicyclic amines) is 1. The van der Waals surface area contributed by atoms with Crippen LogP contribution in [0.4, 0.5) is 0 Å². The molecule has 2 saturated heterocycles. The molecule has 0 aliphatic carbocycles. The average molecular weight is 477 g/mol. The Morgan fingerprint density at radius 1 is 1.06 bits per heavy atom. The predicted octanol–water partition coefficient (Wildman–Crippen LogP) is 3.67. The fraction of sp³-hybridized carbons (Fsp3) is 0.517. The SMILES string of the molecule is CCc1c(C(=O)N2CCN(C/C=C/c3ccccc3)CC2)c(=O)cc(C)n1CC1CCCN1CC. The van der Waals surface area contributed by atoms with Gasteiger partial charge in [0.25, 0.3) is 5.91 Å². The summed E-state index contributed by atoms with van der Waals surface area (Å²) in [7, 11) is 0. The summed E-state index contributed by atoms with van der Waals surface area (Å²) >= 11 is 0. The van der Waals surface area contributed by atoms with Crippen molar-refractivity contribution in [2.45, 2.75) is 52.6 Å². The van der Waals surface area contributed by atoms with Gasteiger partial charge in [-0.1, -0.05) is 56.3 Å². The van der Waals surface area contributed by atoms with Crippen LogP contribution in [0.3, 0.4) is 0 Å². The Kier molecular flexibility index (Phi) is 8.58. The standard InChI is InChI=1S/C29H40N4O2/c1-4-26-28(27(34)21-23(3)33(26)22-25-14-10-16-31(25)5-2)29(35)32-19-17-30(18-20-32)15-9-13-24-11-7-6-8-12-24/h6-9,11-13,21,25H,4-5,10,14-20,22H2,1-3H3/b13-9+. The van der Waals surface area contributed by atoms with Gasteiger partial charge in [-0.2, -0.15) is 0 Å². The minimum atomic E-state index is -0.132. The second kappa shape index (κ2) is 11.8. The van der Waals surface area contributed by atoms with Crippen molar-refractivity contribution in [1.29, 1.82) is 0 Å². The van der Waals surface area contributed by atoms with Crippen molar-refractivity contribution in [3.05, 3.63) is 75.2 Å². The van der Waals surface area contributed by atoms with Gasteiger partial charge in [-0.15, -0.1) is 0 Å². The third-order valence-corrected chi connectivity index (χ3v) is 7.61. The second-order valence-corrected chi connectivity index (χ2v) is 9.77. The fourth-order valence-electron chi connectivity index (χ4n) is 5.60. The van der Waals surface area contributed by atoms with Crippen LogP contribution in [0.25, 0.3) is 6.08 Å². The van der Waals surface area contributed by atoms with Crippen molar-refractivity contribution in [1.82, 2.24) is 19.3 Å². The molecule has 188 valence electrons. The molecule has 2 aliphatic rings. The van der Waals surface area contributed by atoms with Gasteiger partial charge in [-0.3, -0.25) is 19.4 Å². The van der Waals surface area contributed by atoms with Crippen molar-refractivity contribution in [3.8, 4) is 0 Å². The van der Waals surface area contributed by atoms with Crippen LogP contribution in [0.2, 0.25) is 0 Å². The van der Waals surface area contributed by atoms with E-state index in [0.29, 0.717) is 31.1 Å². The summed E-state index contributed by atoms with van der Waals surface area (Å²) in [6.07, 6.45) is 7.40. The number of aryl methyl sites for hydroxylation is 1. The van der Waals surface area contributed by atoms with Gasteiger partial charge in [0.2, 0.25) is 0 Å². The number of piperazine rings is 1. The highest BCUT2D eigenvalue weighted by atomic mass is 16.2. The summed E-state index contributed by atoms with van der Waals surface area (Å²) in [6, 6.07) is 12.4. The number of rotatable bonds is 8. The number of amides is 1. The molecule has 6 heteroatoms. The smallest absolute Gasteiger partial charge is 0.259 e. The third kappa shape index (κ3) is 5.93. The highest BCUT2D eigenvalue weighted by molar-refractivity contribution is 5.95. The van der Waals surface area contributed by atoms with Crippen molar-refractivity contribution in [3.63, 3.8) is 0 Å². The molecule has 0 saturated carbocycles. The van der Waals surface area contributed by atoms with Crippen LogP contribution in [-0.2, 0) is 13.0 Å². The molecule has 35 heavy (non-hydrogen) atoms. The highest BCUT2D eigenvalue weighted by Gasteiger charge is 2.29. The van der Waals surface area contributed by atoms with E-state index in [1.54, 1.807) is 6.07 Å². The molecule has 0 radical (unpaired) electrons. The summed E-state index contributed by atoms with van der Waals surface area (Å²) in [5.41, 5.74) is 3.31. The summed E-state index contributed by atoms with van der Waals surface area (Å²) in [5, 5.41) is 0. The minimum absolute atomic E-state index is 0.0983. The first-order valence-corrected chi connectivity index (χ1v) is 13.2. The molecule has 2 fully saturated rings. The molecule has 0 bridgehead atoms. The fourth-order valence-corrected chi connectivity index (χ4v) is 5.60. The zero-order valence-corrected chi connectivity index (χ0v) is 21.6. The van der Waals surface area contributed by atoms with E-state index in [-0.39, 0.29) is 11.3 Å². The number of hydrogen-bond donors (Lipinski definition) is 0. The molecular formula is C29H40N4O2. The largest absolute Gasteiger partial charge is 0.346 e. The van der Waals surface area contributed by atoms with Crippen LogP contribution in [0, 0.1) is 6.92 Å². The van der Waals surface area contributed by atoms with Crippen LogP contribution in [0.1, 0.15) is 54.0 Å². The first kappa shape index (κ1) is 25.4. The molecular weight excluding hydrogens is 436 g/mol. The van der Waals surface area contributed by atoms with Gasteiger partial charge in [-0.25, -0.2) is 0 Å². The lowest BCUT2D eigenvalue weighted by atomic mass is 10.1. The maximum Gasteiger partial charge on any atom is 0.259 e. The van der Waals surface area contributed by atoms with E-state index in [1.165, 1.54) is 18.4 Å². The van der Waals surface area contributed by atoms with E-state index in [4.69, 9.17) is 0 Å². The molecule has 0 N–H and O–H groups in total. The molecule has 2 aliphatic heterocycles. The van der Waals surface area contributed by atoms with Gasteiger partial charge < -0.3 is 9.47 Å². The normalized spacial score (nSPS) is 19.6. The molecule has 1 atom stereocenters. The van der Waals surface area contributed by atoms with Crippen molar-refractivity contribution >= 4 is 12.0 Å². The molecule has 1 amide bonds. The maximum absolute atomic E-state index is 13.6. The molecule has 1 unspecified atom stereocenters. The summed E-state index contributed by atoms with van der Waals surface area (Å²) in [6.45, 7) is 13.1. The van der Waals surface area contributed by atoms with E-state index in [2.05, 4.69) is 52.5 Å². The topological polar surface area (TPSA) is 48.8 Å². The van der Waals surface area contributed by atoms with Crippen LogP contribution in [0.5, 0.6) is 0 Å². The van der Waals surface area contributed by atoms with Crippen molar-refractivity contribution < 1.29 is 4.79 Å². The van der Waals surface area contributed by atoms with E-state index < -0.39 is 0 Å². The van der Waals surface area contributed by atoms with Gasteiger partial charge in [0.1, 0.15) is 5.56 Å². The zero-order chi connectivity index (χ0) is 24.8. The average Bonchev–Trinajstić information content (AvgIpc) is 3.33. The van der Waals surface area contributed by atoms with Crippen LogP contribution in [0.15, 0.2) is 47.3 Å². The number of carbonyl (C=O) groups is 1. The molecule has 3 heterocycles. The lowest BCUT2D eigenvalue weighted by molar-refractivity contribution is 0.0646. The Hall–Kier alpha value is -2.70. The van der Waals surface area contributed by atoms with E-state index in [9.17, 15) is 9.59 Å². The number of pyridine rings is 1. The van der Waals surface area contributed by atoms with E-state index in [0.717, 1.165) is 50.7 Å². The Balaban J connectivity index is 1.44. The molecule has 0 spiro atoms. The van der Waals surface area contributed by atoms with Gasteiger partial charge in [0.15, 0.2) is 5.43 Å². The predicted molar refractivity (Wildman–Crippen MR) is 143 cm³/mol.